The average molecular weight is 316 g/mol. The third-order valence-corrected chi connectivity index (χ3v) is 3.25. The minimum absolute atomic E-state index is 0.177. The fourth-order valence-corrected chi connectivity index (χ4v) is 2.00. The average Bonchev–Trinajstić information content (AvgIpc) is 2.55. The molecule has 122 valence electrons. The Kier molecular flexibility index (Phi) is 5.46. The van der Waals surface area contributed by atoms with E-state index >= 15 is 0 Å². The first-order chi connectivity index (χ1) is 11.0. The molecule has 0 spiro atoms. The molecule has 0 amide bonds. The molecule has 0 aliphatic rings. The first-order valence-corrected chi connectivity index (χ1v) is 7.15. The molecule has 5 heteroatoms. The fraction of sp³-hybridized carbons (Fsp3) is 0.278. The lowest BCUT2D eigenvalue weighted by atomic mass is 10.1. The van der Waals surface area contributed by atoms with Gasteiger partial charge in [-0.3, -0.25) is 0 Å². The predicted octanol–water partition coefficient (Wildman–Crippen LogP) is 3.31. The molecule has 0 bridgehead atoms. The van der Waals surface area contributed by atoms with Gasteiger partial charge >= 0.3 is 5.97 Å². The van der Waals surface area contributed by atoms with Crippen molar-refractivity contribution >= 4 is 5.97 Å². The molecule has 2 rings (SSSR count). The molecule has 0 saturated carbocycles. The largest absolute Gasteiger partial charge is 0.496 e. The minimum atomic E-state index is -0.499. The Morgan fingerprint density at radius 3 is 2.13 bits per heavy atom. The van der Waals surface area contributed by atoms with Gasteiger partial charge in [0.1, 0.15) is 23.0 Å². The van der Waals surface area contributed by atoms with Crippen LogP contribution < -0.4 is 18.9 Å². The number of carbonyl (C=O) groups excluding carboxylic acids is 1. The maximum atomic E-state index is 12.0. The lowest BCUT2D eigenvalue weighted by Gasteiger charge is -2.11. The third kappa shape index (κ3) is 4.64. The van der Waals surface area contributed by atoms with Crippen molar-refractivity contribution in [2.24, 2.45) is 0 Å². The number of rotatable bonds is 6. The number of esters is 1. The van der Waals surface area contributed by atoms with Gasteiger partial charge in [0.25, 0.3) is 0 Å². The van der Waals surface area contributed by atoms with Crippen molar-refractivity contribution in [3.63, 3.8) is 0 Å². The molecule has 2 aromatic rings. The molecule has 0 atom stereocenters. The second-order valence-corrected chi connectivity index (χ2v) is 5.08. The summed E-state index contributed by atoms with van der Waals surface area (Å²) in [5.74, 6) is 1.60. The van der Waals surface area contributed by atoms with Gasteiger partial charge in [-0.25, -0.2) is 4.79 Å². The summed E-state index contributed by atoms with van der Waals surface area (Å²) in [7, 11) is 3.06. The third-order valence-electron chi connectivity index (χ3n) is 3.25. The molecule has 0 saturated heterocycles. The highest BCUT2D eigenvalue weighted by Crippen LogP contribution is 2.27. The van der Waals surface area contributed by atoms with E-state index in [0.717, 1.165) is 11.1 Å². The Morgan fingerprint density at radius 2 is 1.52 bits per heavy atom. The molecule has 2 aromatic carbocycles. The lowest BCUT2D eigenvalue weighted by Crippen LogP contribution is -2.18. The number of methoxy groups -OCH3 is 2. The summed E-state index contributed by atoms with van der Waals surface area (Å²) in [5.41, 5.74) is 2.03. The van der Waals surface area contributed by atoms with Crippen molar-refractivity contribution in [1.29, 1.82) is 0 Å². The summed E-state index contributed by atoms with van der Waals surface area (Å²) in [6.45, 7) is 3.71. The monoisotopic (exact) mass is 316 g/mol. The molecule has 0 aliphatic carbocycles. The molecule has 0 radical (unpaired) electrons. The zero-order chi connectivity index (χ0) is 16.8. The van der Waals surface area contributed by atoms with Crippen LogP contribution in [0.2, 0.25) is 0 Å². The Balaban J connectivity index is 2.01. The summed E-state index contributed by atoms with van der Waals surface area (Å²) in [6, 6.07) is 10.7. The SMILES string of the molecule is COc1cc(OC)cc(OC(=O)COc2cc(C)ccc2C)c1. The molecule has 0 unspecified atom stereocenters. The highest BCUT2D eigenvalue weighted by atomic mass is 16.6. The van der Waals surface area contributed by atoms with E-state index in [2.05, 4.69) is 0 Å². The summed E-state index contributed by atoms with van der Waals surface area (Å²) in [5, 5.41) is 0. The molecule has 23 heavy (non-hydrogen) atoms. The first-order valence-electron chi connectivity index (χ1n) is 7.15. The quantitative estimate of drug-likeness (QED) is 0.604. The number of hydrogen-bond donors (Lipinski definition) is 0. The van der Waals surface area contributed by atoms with E-state index in [1.807, 2.05) is 32.0 Å². The smallest absolute Gasteiger partial charge is 0.349 e. The van der Waals surface area contributed by atoms with Crippen molar-refractivity contribution in [2.45, 2.75) is 13.8 Å². The van der Waals surface area contributed by atoms with Crippen LogP contribution in [0.5, 0.6) is 23.0 Å². The fourth-order valence-electron chi connectivity index (χ4n) is 2.00. The molecule has 0 fully saturated rings. The van der Waals surface area contributed by atoms with Crippen LogP contribution in [0.4, 0.5) is 0 Å². The van der Waals surface area contributed by atoms with E-state index in [0.29, 0.717) is 23.0 Å². The number of aryl methyl sites for hydroxylation is 2. The standard InChI is InChI=1S/C18H20O5/c1-12-5-6-13(2)17(7-12)22-11-18(19)23-16-9-14(20-3)8-15(10-16)21-4/h5-10H,11H2,1-4H3. The van der Waals surface area contributed by atoms with Crippen molar-refractivity contribution in [1.82, 2.24) is 0 Å². The van der Waals surface area contributed by atoms with Crippen LogP contribution in [0.1, 0.15) is 11.1 Å². The van der Waals surface area contributed by atoms with Crippen molar-refractivity contribution < 1.29 is 23.7 Å². The minimum Gasteiger partial charge on any atom is -0.496 e. The van der Waals surface area contributed by atoms with Crippen LogP contribution in [-0.2, 0) is 4.79 Å². The maximum Gasteiger partial charge on any atom is 0.349 e. The van der Waals surface area contributed by atoms with Crippen LogP contribution >= 0.6 is 0 Å². The van der Waals surface area contributed by atoms with Gasteiger partial charge in [0.15, 0.2) is 6.61 Å². The Hall–Kier alpha value is -2.69. The van der Waals surface area contributed by atoms with Gasteiger partial charge in [0, 0.05) is 18.2 Å². The Morgan fingerprint density at radius 1 is 0.913 bits per heavy atom. The molecule has 0 N–H and O–H groups in total. The lowest BCUT2D eigenvalue weighted by molar-refractivity contribution is -0.136. The van der Waals surface area contributed by atoms with Gasteiger partial charge in [-0.2, -0.15) is 0 Å². The zero-order valence-electron chi connectivity index (χ0n) is 13.7. The highest BCUT2D eigenvalue weighted by Gasteiger charge is 2.10. The number of ether oxygens (including phenoxy) is 4. The van der Waals surface area contributed by atoms with Gasteiger partial charge < -0.3 is 18.9 Å². The van der Waals surface area contributed by atoms with E-state index in [1.54, 1.807) is 18.2 Å². The number of carbonyl (C=O) groups is 1. The van der Waals surface area contributed by atoms with E-state index in [-0.39, 0.29) is 6.61 Å². The first kappa shape index (κ1) is 16.7. The van der Waals surface area contributed by atoms with E-state index in [4.69, 9.17) is 18.9 Å². The second-order valence-electron chi connectivity index (χ2n) is 5.08. The summed E-state index contributed by atoms with van der Waals surface area (Å²) >= 11 is 0. The van der Waals surface area contributed by atoms with E-state index in [9.17, 15) is 4.79 Å². The Bertz CT molecular complexity index is 672. The van der Waals surface area contributed by atoms with Crippen LogP contribution in [0.25, 0.3) is 0 Å². The van der Waals surface area contributed by atoms with Crippen molar-refractivity contribution in [3.05, 3.63) is 47.5 Å². The molecular weight excluding hydrogens is 296 g/mol. The maximum absolute atomic E-state index is 12.0. The van der Waals surface area contributed by atoms with Crippen molar-refractivity contribution in [3.8, 4) is 23.0 Å². The molecule has 0 heterocycles. The van der Waals surface area contributed by atoms with Crippen molar-refractivity contribution in [2.75, 3.05) is 20.8 Å². The van der Waals surface area contributed by atoms with E-state index < -0.39 is 5.97 Å². The predicted molar refractivity (Wildman–Crippen MR) is 86.6 cm³/mol. The van der Waals surface area contributed by atoms with Gasteiger partial charge in [-0.1, -0.05) is 12.1 Å². The Labute approximate surface area is 135 Å². The molecule has 0 aromatic heterocycles. The molecule has 5 nitrogen and oxygen atoms in total. The van der Waals surface area contributed by atoms with Gasteiger partial charge in [-0.15, -0.1) is 0 Å². The van der Waals surface area contributed by atoms with Gasteiger partial charge in [-0.05, 0) is 31.0 Å². The van der Waals surface area contributed by atoms with Gasteiger partial charge in [0.05, 0.1) is 14.2 Å². The highest BCUT2D eigenvalue weighted by molar-refractivity contribution is 5.74. The number of hydrogen-bond acceptors (Lipinski definition) is 5. The summed E-state index contributed by atoms with van der Waals surface area (Å²) in [6.07, 6.45) is 0. The van der Waals surface area contributed by atoms with Crippen LogP contribution in [0.15, 0.2) is 36.4 Å². The zero-order valence-corrected chi connectivity index (χ0v) is 13.7. The molecule has 0 aliphatic heterocycles. The van der Waals surface area contributed by atoms with Crippen LogP contribution in [0, 0.1) is 13.8 Å². The van der Waals surface area contributed by atoms with Gasteiger partial charge in [0.2, 0.25) is 0 Å². The second kappa shape index (κ2) is 7.54. The topological polar surface area (TPSA) is 54.0 Å². The normalized spacial score (nSPS) is 10.1. The summed E-state index contributed by atoms with van der Waals surface area (Å²) < 4.78 is 21.1. The van der Waals surface area contributed by atoms with Crippen LogP contribution in [-0.4, -0.2) is 26.8 Å². The summed E-state index contributed by atoms with van der Waals surface area (Å²) in [4.78, 5) is 12.0. The van der Waals surface area contributed by atoms with E-state index in [1.165, 1.54) is 14.2 Å². The molecular formula is C18H20O5. The van der Waals surface area contributed by atoms with Crippen LogP contribution in [0.3, 0.4) is 0 Å². The number of benzene rings is 2.